The molecule has 0 saturated heterocycles. The summed E-state index contributed by atoms with van der Waals surface area (Å²) < 4.78 is 44.0. The van der Waals surface area contributed by atoms with Gasteiger partial charge in [-0.1, -0.05) is 34.0 Å². The zero-order valence-corrected chi connectivity index (χ0v) is 12.6. The minimum Gasteiger partial charge on any atom is -0.236 e. The Hall–Kier alpha value is 1.00. The normalized spacial score (nSPS) is 8.56. The van der Waals surface area contributed by atoms with E-state index in [-0.39, 0.29) is 57.2 Å². The molecule has 84 valence electrons. The predicted molar refractivity (Wildman–Crippen MR) is 45.3 cm³/mol. The molecule has 1 rings (SSSR count). The summed E-state index contributed by atoms with van der Waals surface area (Å²) in [6, 6.07) is 7.12. The molecule has 0 bridgehead atoms. The van der Waals surface area contributed by atoms with Crippen LogP contribution >= 0.6 is 15.9 Å². The quantitative estimate of drug-likeness (QED) is 0.446. The van der Waals surface area contributed by atoms with Gasteiger partial charge in [0, 0.05) is 5.82 Å². The van der Waals surface area contributed by atoms with Gasteiger partial charge in [0.15, 0.2) is 0 Å². The van der Waals surface area contributed by atoms with Crippen LogP contribution in [0.3, 0.4) is 0 Å². The second-order valence-electron chi connectivity index (χ2n) is 1.90. The smallest absolute Gasteiger partial charge is 0.236 e. The maximum atomic E-state index is 12.1. The van der Waals surface area contributed by atoms with E-state index in [9.17, 15) is 18.0 Å². The van der Waals surface area contributed by atoms with E-state index in [4.69, 9.17) is 0 Å². The van der Waals surface area contributed by atoms with Gasteiger partial charge in [0.2, 0.25) is 0 Å². The molecule has 0 amide bonds. The first kappa shape index (κ1) is 19.3. The van der Waals surface area contributed by atoms with Crippen LogP contribution in [0.4, 0.5) is 18.0 Å². The van der Waals surface area contributed by atoms with Crippen LogP contribution in [0.2, 0.25) is 0 Å². The first-order valence-electron chi connectivity index (χ1n) is 3.29. The van der Waals surface area contributed by atoms with Crippen LogP contribution in [0.5, 0.6) is 0 Å². The molecule has 0 spiro atoms. The molecule has 3 nitrogen and oxygen atoms in total. The monoisotopic (exact) mass is 328 g/mol. The Morgan fingerprint density at radius 2 is 1.62 bits per heavy atom. The number of hydrogen-bond donors (Lipinski definition) is 0. The molecule has 0 aliphatic rings. The van der Waals surface area contributed by atoms with Gasteiger partial charge in [0.25, 0.3) is 0 Å². The van der Waals surface area contributed by atoms with E-state index in [1.165, 1.54) is 6.07 Å². The average Bonchev–Trinajstić information content (AvgIpc) is 2.21. The molecule has 0 heterocycles. The summed E-state index contributed by atoms with van der Waals surface area (Å²) in [6.45, 7) is 0. The fourth-order valence-electron chi connectivity index (χ4n) is 0.456. The molecule has 0 unspecified atom stereocenters. The van der Waals surface area contributed by atoms with Gasteiger partial charge >= 0.3 is 58.7 Å². The largest absolute Gasteiger partial charge is 1.00 e. The number of benzene rings is 1. The Morgan fingerprint density at radius 1 is 1.12 bits per heavy atom. The maximum absolute atomic E-state index is 12.1. The third-order valence-electron chi connectivity index (χ3n) is 0.942. The molecular formula is C6H3BBrF4KO3. The fraction of sp³-hybridized carbons (Fsp3) is 0. The van der Waals surface area contributed by atoms with Crippen LogP contribution < -0.4 is 51.4 Å². The second kappa shape index (κ2) is 12.5. The summed E-state index contributed by atoms with van der Waals surface area (Å²) in [5.41, 5.74) is 0. The second-order valence-corrected chi connectivity index (χ2v) is 2.76. The van der Waals surface area contributed by atoms with E-state index in [0.29, 0.717) is 4.47 Å². The Morgan fingerprint density at radius 3 is 1.81 bits per heavy atom. The van der Waals surface area contributed by atoms with Gasteiger partial charge in [-0.15, -0.1) is 12.1 Å². The van der Waals surface area contributed by atoms with Crippen molar-refractivity contribution in [3.63, 3.8) is 0 Å². The minimum absolute atomic E-state index is 0. The van der Waals surface area contributed by atoms with Gasteiger partial charge in [0.1, 0.15) is 0 Å². The molecule has 10 heteroatoms. The van der Waals surface area contributed by atoms with Crippen molar-refractivity contribution in [2.75, 3.05) is 0 Å². The molecule has 0 aliphatic heterocycles. The summed E-state index contributed by atoms with van der Waals surface area (Å²) in [5, 5.41) is 0. The van der Waals surface area contributed by atoms with Crippen LogP contribution in [0, 0.1) is 11.9 Å². The minimum atomic E-state index is -2.51. The zero-order valence-electron chi connectivity index (χ0n) is 7.92. The van der Waals surface area contributed by atoms with Crippen LogP contribution in [-0.4, -0.2) is 7.32 Å². The molecule has 0 saturated carbocycles. The van der Waals surface area contributed by atoms with E-state index < -0.39 is 7.32 Å². The molecule has 0 atom stereocenters. The maximum Gasteiger partial charge on any atom is 1.00 e. The SMILES string of the molecule is FOB(OF)OF.Fc1[c-]c(Br)ccc1.[K+]. The first-order valence-corrected chi connectivity index (χ1v) is 4.08. The fourth-order valence-corrected chi connectivity index (χ4v) is 0.798. The molecular weight excluding hydrogens is 326 g/mol. The van der Waals surface area contributed by atoms with E-state index in [2.05, 4.69) is 36.6 Å². The Balaban J connectivity index is 0. The van der Waals surface area contributed by atoms with Crippen molar-refractivity contribution < 1.29 is 83.9 Å². The molecule has 0 N–H and O–H groups in total. The summed E-state index contributed by atoms with van der Waals surface area (Å²) in [5.74, 6) is -0.334. The summed E-state index contributed by atoms with van der Waals surface area (Å²) >= 11 is 3.07. The number of hydrogen-bond acceptors (Lipinski definition) is 3. The van der Waals surface area contributed by atoms with Gasteiger partial charge in [-0.2, -0.15) is 26.7 Å². The number of halogens is 5. The van der Waals surface area contributed by atoms with Gasteiger partial charge in [-0.3, -0.25) is 0 Å². The molecule has 0 fully saturated rings. The zero-order chi connectivity index (χ0) is 11.7. The standard InChI is InChI=1S/C6H3BrF.BF3O3.K/c7-5-2-1-3-6(8)4-5;2-5-1(6-3)7-4;/h1-3H;;/q-1;;+1. The first-order chi connectivity index (χ1) is 7.13. The van der Waals surface area contributed by atoms with Crippen LogP contribution in [0.1, 0.15) is 0 Å². The topological polar surface area (TPSA) is 27.7 Å². The van der Waals surface area contributed by atoms with Crippen LogP contribution in [0.25, 0.3) is 0 Å². The van der Waals surface area contributed by atoms with E-state index >= 15 is 0 Å². The summed E-state index contributed by atoms with van der Waals surface area (Å²) in [7, 11) is -2.51. The Kier molecular flexibility index (Phi) is 15.1. The molecule has 0 radical (unpaired) electrons. The van der Waals surface area contributed by atoms with Crippen molar-refractivity contribution in [2.24, 2.45) is 0 Å². The van der Waals surface area contributed by atoms with Crippen LogP contribution in [0.15, 0.2) is 22.7 Å². The summed E-state index contributed by atoms with van der Waals surface area (Å²) in [4.78, 5) is 7.06. The van der Waals surface area contributed by atoms with Crippen molar-refractivity contribution in [1.82, 2.24) is 0 Å². The van der Waals surface area contributed by atoms with E-state index in [1.807, 2.05) is 0 Å². The molecule has 1 aromatic rings. The van der Waals surface area contributed by atoms with Gasteiger partial charge in [0.05, 0.1) is 0 Å². The van der Waals surface area contributed by atoms with Crippen molar-refractivity contribution in [3.8, 4) is 0 Å². The van der Waals surface area contributed by atoms with Gasteiger partial charge in [-0.25, -0.2) is 4.39 Å². The third-order valence-corrected chi connectivity index (χ3v) is 1.40. The van der Waals surface area contributed by atoms with Gasteiger partial charge < -0.3 is 0 Å². The molecule has 0 aliphatic carbocycles. The van der Waals surface area contributed by atoms with E-state index in [1.54, 1.807) is 12.1 Å². The van der Waals surface area contributed by atoms with Crippen molar-refractivity contribution in [3.05, 3.63) is 34.6 Å². The van der Waals surface area contributed by atoms with E-state index in [0.717, 1.165) is 0 Å². The number of rotatable bonds is 3. The molecule has 1 aromatic carbocycles. The Bertz CT molecular complexity index is 259. The summed E-state index contributed by atoms with van der Waals surface area (Å²) in [6.07, 6.45) is 0. The van der Waals surface area contributed by atoms with Crippen molar-refractivity contribution in [2.45, 2.75) is 0 Å². The van der Waals surface area contributed by atoms with Gasteiger partial charge in [-0.05, 0) is 0 Å². The van der Waals surface area contributed by atoms with Crippen molar-refractivity contribution >= 4 is 23.3 Å². The van der Waals surface area contributed by atoms with Crippen molar-refractivity contribution in [1.29, 1.82) is 0 Å². The molecule has 0 aromatic heterocycles. The Labute approximate surface area is 140 Å². The van der Waals surface area contributed by atoms with Crippen LogP contribution in [-0.2, 0) is 14.6 Å². The third kappa shape index (κ3) is 10.2. The average molecular weight is 329 g/mol. The predicted octanol–water partition coefficient (Wildman–Crippen LogP) is 0.0670. The molecule has 16 heavy (non-hydrogen) atoms.